The van der Waals surface area contributed by atoms with Crippen molar-refractivity contribution in [3.05, 3.63) is 59.3 Å². The lowest BCUT2D eigenvalue weighted by atomic mass is 9.88. The Labute approximate surface area is 142 Å². The highest BCUT2D eigenvalue weighted by Crippen LogP contribution is 2.34. The van der Waals surface area contributed by atoms with Crippen LogP contribution in [0.4, 0.5) is 19.0 Å². The average Bonchev–Trinajstić information content (AvgIpc) is 2.61. The van der Waals surface area contributed by atoms with Crippen molar-refractivity contribution in [1.82, 2.24) is 4.98 Å². The summed E-state index contributed by atoms with van der Waals surface area (Å²) in [6, 6.07) is 8.69. The molecule has 1 saturated heterocycles. The van der Waals surface area contributed by atoms with E-state index in [-0.39, 0.29) is 11.5 Å². The molecule has 1 aromatic heterocycles. The normalized spacial score (nSPS) is 16.0. The van der Waals surface area contributed by atoms with Crippen LogP contribution in [-0.4, -0.2) is 29.1 Å². The first-order valence-electron chi connectivity index (χ1n) is 7.96. The van der Waals surface area contributed by atoms with Crippen molar-refractivity contribution < 1.29 is 23.1 Å². The molecule has 0 saturated carbocycles. The van der Waals surface area contributed by atoms with Crippen LogP contribution in [0.25, 0.3) is 0 Å². The van der Waals surface area contributed by atoms with E-state index >= 15 is 0 Å². The maximum absolute atomic E-state index is 12.8. The summed E-state index contributed by atoms with van der Waals surface area (Å²) in [5.74, 6) is -0.258. The van der Waals surface area contributed by atoms with E-state index in [1.165, 1.54) is 24.4 Å². The number of carboxylic acid groups (broad SMARTS) is 1. The van der Waals surface area contributed by atoms with Crippen LogP contribution in [-0.2, 0) is 6.18 Å². The van der Waals surface area contributed by atoms with Crippen LogP contribution in [0, 0.1) is 0 Å². The number of rotatable bonds is 3. The smallest absolute Gasteiger partial charge is 0.416 e. The number of nitrogens with zero attached hydrogens (tertiary/aromatic N) is 2. The van der Waals surface area contributed by atoms with Gasteiger partial charge in [-0.2, -0.15) is 13.2 Å². The van der Waals surface area contributed by atoms with Gasteiger partial charge in [-0.25, -0.2) is 9.78 Å². The lowest BCUT2D eigenvalue weighted by Crippen LogP contribution is -2.33. The molecule has 7 heteroatoms. The Morgan fingerprint density at radius 2 is 1.88 bits per heavy atom. The zero-order chi connectivity index (χ0) is 18.0. The van der Waals surface area contributed by atoms with Crippen LogP contribution in [0.2, 0.25) is 0 Å². The molecule has 2 aromatic rings. The van der Waals surface area contributed by atoms with E-state index in [0.717, 1.165) is 18.9 Å². The third-order valence-corrected chi connectivity index (χ3v) is 4.50. The Hall–Kier alpha value is -2.57. The van der Waals surface area contributed by atoms with Gasteiger partial charge in [-0.15, -0.1) is 0 Å². The number of carbonyl (C=O) groups is 1. The topological polar surface area (TPSA) is 53.4 Å². The minimum atomic E-state index is -4.33. The molecule has 0 amide bonds. The number of benzene rings is 1. The molecule has 4 nitrogen and oxygen atoms in total. The van der Waals surface area contributed by atoms with Gasteiger partial charge in [0.25, 0.3) is 0 Å². The first kappa shape index (κ1) is 17.3. The minimum absolute atomic E-state index is 0.0804. The van der Waals surface area contributed by atoms with Crippen molar-refractivity contribution in [2.75, 3.05) is 18.0 Å². The second-order valence-electron chi connectivity index (χ2n) is 6.09. The van der Waals surface area contributed by atoms with Crippen molar-refractivity contribution >= 4 is 11.8 Å². The molecule has 0 radical (unpaired) electrons. The molecule has 1 aromatic carbocycles. The van der Waals surface area contributed by atoms with Gasteiger partial charge in [0, 0.05) is 19.3 Å². The van der Waals surface area contributed by atoms with Crippen molar-refractivity contribution in [3.63, 3.8) is 0 Å². The van der Waals surface area contributed by atoms with Crippen molar-refractivity contribution in [3.8, 4) is 0 Å². The number of hydrogen-bond acceptors (Lipinski definition) is 3. The average molecular weight is 350 g/mol. The summed E-state index contributed by atoms with van der Waals surface area (Å²) in [4.78, 5) is 17.0. The van der Waals surface area contributed by atoms with Crippen LogP contribution in [0.1, 0.15) is 40.2 Å². The lowest BCUT2D eigenvalue weighted by molar-refractivity contribution is -0.137. The summed E-state index contributed by atoms with van der Waals surface area (Å²) in [7, 11) is 0. The van der Waals surface area contributed by atoms with E-state index in [2.05, 4.69) is 4.98 Å². The summed E-state index contributed by atoms with van der Waals surface area (Å²) in [5, 5.41) is 8.89. The quantitative estimate of drug-likeness (QED) is 0.902. The molecule has 25 heavy (non-hydrogen) atoms. The third kappa shape index (κ3) is 3.92. The summed E-state index contributed by atoms with van der Waals surface area (Å²) in [6.45, 7) is 1.33. The number of aromatic nitrogens is 1. The number of alkyl halides is 3. The number of pyridine rings is 1. The summed E-state index contributed by atoms with van der Waals surface area (Å²) in [5.41, 5.74) is 0.226. The molecular formula is C18H17F3N2O2. The Kier molecular flexibility index (Phi) is 4.65. The van der Waals surface area contributed by atoms with Crippen LogP contribution in [0.5, 0.6) is 0 Å². The lowest BCUT2D eigenvalue weighted by Gasteiger charge is -2.33. The van der Waals surface area contributed by atoms with E-state index in [9.17, 15) is 18.0 Å². The molecule has 0 atom stereocenters. The van der Waals surface area contributed by atoms with Crippen molar-refractivity contribution in [2.24, 2.45) is 0 Å². The van der Waals surface area contributed by atoms with Gasteiger partial charge in [0.05, 0.1) is 11.1 Å². The number of aromatic carboxylic acids is 1. The van der Waals surface area contributed by atoms with E-state index in [0.29, 0.717) is 24.5 Å². The monoisotopic (exact) mass is 350 g/mol. The van der Waals surface area contributed by atoms with Gasteiger partial charge in [-0.3, -0.25) is 0 Å². The SMILES string of the molecule is O=C(O)c1ccc(N2CCC(c3cccc(C(F)(F)F)c3)CC2)nc1. The molecule has 0 aliphatic carbocycles. The Morgan fingerprint density at radius 1 is 1.16 bits per heavy atom. The van der Waals surface area contributed by atoms with Gasteiger partial charge < -0.3 is 10.0 Å². The minimum Gasteiger partial charge on any atom is -0.478 e. The number of carboxylic acids is 1. The first-order valence-corrected chi connectivity index (χ1v) is 7.96. The van der Waals surface area contributed by atoms with Crippen molar-refractivity contribution in [1.29, 1.82) is 0 Å². The number of anilines is 1. The molecule has 1 aliphatic heterocycles. The molecule has 0 bridgehead atoms. The van der Waals surface area contributed by atoms with Crippen LogP contribution in [0.3, 0.4) is 0 Å². The predicted molar refractivity (Wildman–Crippen MR) is 86.8 cm³/mol. The number of hydrogen-bond donors (Lipinski definition) is 1. The van der Waals surface area contributed by atoms with Gasteiger partial charge in [0.1, 0.15) is 5.82 Å². The second-order valence-corrected chi connectivity index (χ2v) is 6.09. The largest absolute Gasteiger partial charge is 0.478 e. The Morgan fingerprint density at radius 3 is 2.44 bits per heavy atom. The van der Waals surface area contributed by atoms with E-state index in [1.807, 2.05) is 4.90 Å². The highest BCUT2D eigenvalue weighted by molar-refractivity contribution is 5.87. The van der Waals surface area contributed by atoms with Crippen LogP contribution >= 0.6 is 0 Å². The maximum Gasteiger partial charge on any atom is 0.416 e. The van der Waals surface area contributed by atoms with Gasteiger partial charge in [0.15, 0.2) is 0 Å². The fraction of sp³-hybridized carbons (Fsp3) is 0.333. The summed E-state index contributed by atoms with van der Waals surface area (Å²) in [6.07, 6.45) is -1.56. The summed E-state index contributed by atoms with van der Waals surface area (Å²) < 4.78 is 38.5. The van der Waals surface area contributed by atoms with Gasteiger partial charge >= 0.3 is 12.1 Å². The van der Waals surface area contributed by atoms with Gasteiger partial charge in [0.2, 0.25) is 0 Å². The third-order valence-electron chi connectivity index (χ3n) is 4.50. The zero-order valence-electron chi connectivity index (χ0n) is 13.3. The number of halogens is 3. The maximum atomic E-state index is 12.8. The summed E-state index contributed by atoms with van der Waals surface area (Å²) >= 11 is 0. The molecule has 1 N–H and O–H groups in total. The van der Waals surface area contributed by atoms with Gasteiger partial charge in [-0.1, -0.05) is 18.2 Å². The number of piperidine rings is 1. The zero-order valence-corrected chi connectivity index (χ0v) is 13.3. The van der Waals surface area contributed by atoms with Crippen LogP contribution in [0.15, 0.2) is 42.6 Å². The fourth-order valence-corrected chi connectivity index (χ4v) is 3.11. The molecular weight excluding hydrogens is 333 g/mol. The molecule has 132 valence electrons. The molecule has 0 spiro atoms. The van der Waals surface area contributed by atoms with E-state index in [4.69, 9.17) is 5.11 Å². The molecule has 1 fully saturated rings. The molecule has 0 unspecified atom stereocenters. The predicted octanol–water partition coefficient (Wildman–Crippen LogP) is 4.18. The Balaban J connectivity index is 1.67. The van der Waals surface area contributed by atoms with E-state index < -0.39 is 17.7 Å². The standard InChI is InChI=1S/C18H17F3N2O2/c19-18(20,21)15-3-1-2-13(10-15)12-6-8-23(9-7-12)16-5-4-14(11-22-16)17(24)25/h1-5,10-12H,6-9H2,(H,24,25). The molecule has 3 rings (SSSR count). The first-order chi connectivity index (χ1) is 11.8. The fourth-order valence-electron chi connectivity index (χ4n) is 3.11. The molecule has 1 aliphatic rings. The van der Waals surface area contributed by atoms with E-state index in [1.54, 1.807) is 12.1 Å². The van der Waals surface area contributed by atoms with Gasteiger partial charge in [-0.05, 0) is 42.5 Å². The van der Waals surface area contributed by atoms with Crippen LogP contribution < -0.4 is 4.90 Å². The van der Waals surface area contributed by atoms with Crippen molar-refractivity contribution in [2.45, 2.75) is 24.9 Å². The Bertz CT molecular complexity index is 752. The molecule has 2 heterocycles. The highest BCUT2D eigenvalue weighted by Gasteiger charge is 2.31. The second kappa shape index (κ2) is 6.74. The highest BCUT2D eigenvalue weighted by atomic mass is 19.4.